The lowest BCUT2D eigenvalue weighted by Crippen LogP contribution is -2.25. The molecule has 5 nitrogen and oxygen atoms in total. The minimum absolute atomic E-state index is 0.0178. The van der Waals surface area contributed by atoms with E-state index < -0.39 is 10.0 Å². The van der Waals surface area contributed by atoms with Crippen LogP contribution in [0, 0.1) is 18.8 Å². The highest BCUT2D eigenvalue weighted by molar-refractivity contribution is 7.89. The molecule has 6 heteroatoms. The number of sulfonamides is 1. The molecule has 0 heterocycles. The van der Waals surface area contributed by atoms with Gasteiger partial charge in [0, 0.05) is 32.2 Å². The maximum Gasteiger partial charge on any atom is 0.240 e. The van der Waals surface area contributed by atoms with Gasteiger partial charge in [-0.2, -0.15) is 0 Å². The quantitative estimate of drug-likeness (QED) is 0.583. The molecule has 0 spiro atoms. The topological polar surface area (TPSA) is 75.6 Å². The van der Waals surface area contributed by atoms with Crippen molar-refractivity contribution in [1.29, 1.82) is 0 Å². The van der Waals surface area contributed by atoms with Crippen LogP contribution in [0.5, 0.6) is 0 Å². The summed E-state index contributed by atoms with van der Waals surface area (Å²) in [7, 11) is -1.92. The van der Waals surface area contributed by atoms with Crippen molar-refractivity contribution in [2.24, 2.45) is 0 Å². The predicted octanol–water partition coefficient (Wildman–Crippen LogP) is 1.04. The van der Waals surface area contributed by atoms with Crippen molar-refractivity contribution in [2.45, 2.75) is 24.7 Å². The average molecular weight is 311 g/mol. The van der Waals surface area contributed by atoms with Crippen molar-refractivity contribution in [3.05, 3.63) is 29.3 Å². The number of hydrogen-bond acceptors (Lipinski definition) is 4. The second-order valence-corrected chi connectivity index (χ2v) is 6.26. The lowest BCUT2D eigenvalue weighted by atomic mass is 10.1. The fourth-order valence-electron chi connectivity index (χ4n) is 1.66. The Hall–Kier alpha value is -1.39. The molecule has 0 fully saturated rings. The molecule has 116 valence electrons. The molecule has 0 saturated heterocycles. The Balaban J connectivity index is 2.80. The zero-order chi connectivity index (χ0) is 15.7. The second kappa shape index (κ2) is 8.80. The highest BCUT2D eigenvalue weighted by Gasteiger charge is 2.14. The smallest absolute Gasteiger partial charge is 0.240 e. The third-order valence-corrected chi connectivity index (χ3v) is 4.24. The second-order valence-electron chi connectivity index (χ2n) is 4.50. The van der Waals surface area contributed by atoms with Crippen molar-refractivity contribution < 1.29 is 18.3 Å². The van der Waals surface area contributed by atoms with E-state index in [4.69, 9.17) is 9.84 Å². The number of aliphatic hydroxyl groups excluding tert-OH is 1. The minimum atomic E-state index is -3.50. The van der Waals surface area contributed by atoms with E-state index in [1.165, 1.54) is 6.07 Å². The van der Waals surface area contributed by atoms with E-state index in [1.807, 2.05) is 6.92 Å². The first-order valence-corrected chi connectivity index (χ1v) is 8.18. The van der Waals surface area contributed by atoms with Crippen LogP contribution in [0.4, 0.5) is 0 Å². The molecule has 0 radical (unpaired) electrons. The Labute approximate surface area is 126 Å². The molecule has 0 aliphatic rings. The summed E-state index contributed by atoms with van der Waals surface area (Å²) >= 11 is 0. The molecule has 0 bridgehead atoms. The molecule has 0 saturated carbocycles. The van der Waals surface area contributed by atoms with Crippen molar-refractivity contribution in [3.63, 3.8) is 0 Å². The number of nitrogens with one attached hydrogen (secondary N) is 1. The fourth-order valence-corrected chi connectivity index (χ4v) is 2.82. The van der Waals surface area contributed by atoms with Crippen LogP contribution < -0.4 is 4.72 Å². The van der Waals surface area contributed by atoms with Gasteiger partial charge in [0.15, 0.2) is 0 Å². The van der Waals surface area contributed by atoms with Gasteiger partial charge in [0.05, 0.1) is 11.5 Å². The molecule has 0 aliphatic carbocycles. The van der Waals surface area contributed by atoms with Gasteiger partial charge in [-0.3, -0.25) is 0 Å². The van der Waals surface area contributed by atoms with Gasteiger partial charge in [0.1, 0.15) is 0 Å². The Morgan fingerprint density at radius 2 is 2.14 bits per heavy atom. The molecule has 0 unspecified atom stereocenters. The Morgan fingerprint density at radius 1 is 1.38 bits per heavy atom. The molecule has 21 heavy (non-hydrogen) atoms. The number of aliphatic hydroxyl groups is 1. The van der Waals surface area contributed by atoms with Crippen molar-refractivity contribution in [3.8, 4) is 11.8 Å². The van der Waals surface area contributed by atoms with Gasteiger partial charge in [0.2, 0.25) is 10.0 Å². The van der Waals surface area contributed by atoms with E-state index in [2.05, 4.69) is 16.6 Å². The maximum atomic E-state index is 12.1. The molecule has 0 aromatic heterocycles. The summed E-state index contributed by atoms with van der Waals surface area (Å²) in [4.78, 5) is 0.227. The number of benzene rings is 1. The first-order chi connectivity index (χ1) is 10.0. The van der Waals surface area contributed by atoms with Crippen molar-refractivity contribution in [1.82, 2.24) is 4.72 Å². The Kier molecular flexibility index (Phi) is 7.40. The Bertz CT molecular complexity index is 614. The Morgan fingerprint density at radius 3 is 2.76 bits per heavy atom. The van der Waals surface area contributed by atoms with Crippen molar-refractivity contribution in [2.75, 3.05) is 26.9 Å². The number of ether oxygens (including phenoxy) is 1. The van der Waals surface area contributed by atoms with Crippen LogP contribution >= 0.6 is 0 Å². The van der Waals surface area contributed by atoms with Crippen LogP contribution in [0.2, 0.25) is 0 Å². The molecule has 0 aliphatic heterocycles. The fraction of sp³-hybridized carbons (Fsp3) is 0.467. The van der Waals surface area contributed by atoms with Gasteiger partial charge in [-0.25, -0.2) is 13.1 Å². The van der Waals surface area contributed by atoms with Gasteiger partial charge in [-0.15, -0.1) is 0 Å². The number of methoxy groups -OCH3 is 1. The highest BCUT2D eigenvalue weighted by atomic mass is 32.2. The van der Waals surface area contributed by atoms with Crippen LogP contribution in [0.1, 0.15) is 24.0 Å². The standard InChI is InChI=1S/C15H21NO4S/c1-13-12-15(8-7-14(13)6-3-4-10-17)21(18,19)16-9-5-11-20-2/h7-8,12,16-17H,4-5,9-11H2,1-2H3. The van der Waals surface area contributed by atoms with Crippen LogP contribution in [-0.4, -0.2) is 40.4 Å². The van der Waals surface area contributed by atoms with E-state index in [0.717, 1.165) is 11.1 Å². The minimum Gasteiger partial charge on any atom is -0.395 e. The average Bonchev–Trinajstić information content (AvgIpc) is 2.45. The molecule has 1 aromatic carbocycles. The van der Waals surface area contributed by atoms with Crippen LogP contribution in [0.25, 0.3) is 0 Å². The number of aryl methyl sites for hydroxylation is 1. The van der Waals surface area contributed by atoms with E-state index in [0.29, 0.717) is 26.0 Å². The van der Waals surface area contributed by atoms with Gasteiger partial charge < -0.3 is 9.84 Å². The molecule has 1 aromatic rings. The molecular weight excluding hydrogens is 290 g/mol. The molecule has 0 amide bonds. The SMILES string of the molecule is COCCCNS(=O)(=O)c1ccc(C#CCCO)c(C)c1. The van der Waals surface area contributed by atoms with Gasteiger partial charge in [0.25, 0.3) is 0 Å². The van der Waals surface area contributed by atoms with Gasteiger partial charge in [-0.05, 0) is 37.1 Å². The number of rotatable bonds is 7. The van der Waals surface area contributed by atoms with Gasteiger partial charge >= 0.3 is 0 Å². The summed E-state index contributed by atoms with van der Waals surface area (Å²) in [5.74, 6) is 5.73. The van der Waals surface area contributed by atoms with E-state index in [9.17, 15) is 8.42 Å². The van der Waals surface area contributed by atoms with Crippen LogP contribution in [0.3, 0.4) is 0 Å². The summed E-state index contributed by atoms with van der Waals surface area (Å²) < 4.78 is 31.6. The predicted molar refractivity (Wildman–Crippen MR) is 81.4 cm³/mol. The van der Waals surface area contributed by atoms with E-state index in [1.54, 1.807) is 19.2 Å². The third kappa shape index (κ3) is 5.86. The lowest BCUT2D eigenvalue weighted by molar-refractivity contribution is 0.196. The van der Waals surface area contributed by atoms with Gasteiger partial charge in [-0.1, -0.05) is 11.8 Å². The molecule has 1 rings (SSSR count). The summed E-state index contributed by atoms with van der Waals surface area (Å²) in [5, 5.41) is 8.69. The number of hydrogen-bond donors (Lipinski definition) is 2. The van der Waals surface area contributed by atoms with Crippen LogP contribution in [0.15, 0.2) is 23.1 Å². The zero-order valence-electron chi connectivity index (χ0n) is 12.3. The summed E-state index contributed by atoms with van der Waals surface area (Å²) in [6, 6.07) is 4.82. The first-order valence-electron chi connectivity index (χ1n) is 6.70. The molecule has 2 N–H and O–H groups in total. The van der Waals surface area contributed by atoms with E-state index >= 15 is 0 Å². The van der Waals surface area contributed by atoms with Crippen molar-refractivity contribution >= 4 is 10.0 Å². The summed E-state index contributed by atoms with van der Waals surface area (Å²) in [6.07, 6.45) is 1.03. The van der Waals surface area contributed by atoms with Crippen LogP contribution in [-0.2, 0) is 14.8 Å². The zero-order valence-corrected chi connectivity index (χ0v) is 13.2. The maximum absolute atomic E-state index is 12.1. The third-order valence-electron chi connectivity index (χ3n) is 2.79. The van der Waals surface area contributed by atoms with E-state index in [-0.39, 0.29) is 11.5 Å². The normalized spacial score (nSPS) is 11.0. The lowest BCUT2D eigenvalue weighted by Gasteiger charge is -2.08. The summed E-state index contributed by atoms with van der Waals surface area (Å²) in [5.41, 5.74) is 1.56. The largest absolute Gasteiger partial charge is 0.395 e. The summed E-state index contributed by atoms with van der Waals surface area (Å²) in [6.45, 7) is 2.69. The highest BCUT2D eigenvalue weighted by Crippen LogP contribution is 2.14. The molecule has 0 atom stereocenters. The molecular formula is C15H21NO4S. The monoisotopic (exact) mass is 311 g/mol. The first kappa shape index (κ1) is 17.7.